The van der Waals surface area contributed by atoms with E-state index in [4.69, 9.17) is 9.47 Å². The van der Waals surface area contributed by atoms with E-state index in [0.29, 0.717) is 31.5 Å². The molecule has 0 radical (unpaired) electrons. The third kappa shape index (κ3) is 4.04. The van der Waals surface area contributed by atoms with Gasteiger partial charge in [0.05, 0.1) is 35.5 Å². The van der Waals surface area contributed by atoms with E-state index in [2.05, 4.69) is 51.0 Å². The molecule has 1 saturated heterocycles. The lowest BCUT2D eigenvalue weighted by Crippen LogP contribution is -2.44. The summed E-state index contributed by atoms with van der Waals surface area (Å²) >= 11 is 0. The smallest absolute Gasteiger partial charge is 0.273 e. The van der Waals surface area contributed by atoms with Gasteiger partial charge in [-0.15, -0.1) is 0 Å². The summed E-state index contributed by atoms with van der Waals surface area (Å²) in [5, 5.41) is 11.0. The van der Waals surface area contributed by atoms with Gasteiger partial charge in [0.2, 0.25) is 5.90 Å². The van der Waals surface area contributed by atoms with Gasteiger partial charge >= 0.3 is 0 Å². The fourth-order valence-corrected chi connectivity index (χ4v) is 4.17. The predicted molar refractivity (Wildman–Crippen MR) is 123 cm³/mol. The lowest BCUT2D eigenvalue weighted by atomic mass is 10.1. The number of anilines is 2. The van der Waals surface area contributed by atoms with Crippen LogP contribution in [-0.4, -0.2) is 68.8 Å². The molecule has 9 nitrogen and oxygen atoms in total. The minimum absolute atomic E-state index is 0.0159. The molecule has 0 unspecified atom stereocenters. The van der Waals surface area contributed by atoms with E-state index in [1.165, 1.54) is 17.8 Å². The average molecular weight is 435 g/mol. The number of aliphatic imine (C=N–C) groups is 1. The summed E-state index contributed by atoms with van der Waals surface area (Å²) in [5.74, 6) is 0.852. The zero-order valence-electron chi connectivity index (χ0n) is 17.9. The molecule has 0 saturated carbocycles. The lowest BCUT2D eigenvalue weighted by molar-refractivity contribution is -0.384. The van der Waals surface area contributed by atoms with E-state index < -0.39 is 4.92 Å². The molecule has 0 aromatic heterocycles. The van der Waals surface area contributed by atoms with Crippen LogP contribution in [0.15, 0.2) is 64.8 Å². The minimum Gasteiger partial charge on any atom is -0.439 e. The van der Waals surface area contributed by atoms with E-state index in [9.17, 15) is 10.1 Å². The molecular weight excluding hydrogens is 410 g/mol. The molecule has 0 spiro atoms. The largest absolute Gasteiger partial charge is 0.439 e. The molecular formula is C23H25N5O4. The number of hydrogen-bond donors (Lipinski definition) is 0. The first-order valence-electron chi connectivity index (χ1n) is 10.7. The molecule has 3 heterocycles. The normalized spacial score (nSPS) is 19.1. The van der Waals surface area contributed by atoms with Crippen molar-refractivity contribution in [2.24, 2.45) is 4.99 Å². The monoisotopic (exact) mass is 435 g/mol. The summed E-state index contributed by atoms with van der Waals surface area (Å²) < 4.78 is 11.6. The second kappa shape index (κ2) is 8.60. The number of nitro benzene ring substituents is 1. The molecule has 0 amide bonds. The highest BCUT2D eigenvalue weighted by molar-refractivity contribution is 5.98. The van der Waals surface area contributed by atoms with Gasteiger partial charge in [-0.1, -0.05) is 6.07 Å². The van der Waals surface area contributed by atoms with Crippen LogP contribution in [0.5, 0.6) is 5.75 Å². The van der Waals surface area contributed by atoms with E-state index in [1.807, 2.05) is 0 Å². The maximum absolute atomic E-state index is 11.0. The first-order chi connectivity index (χ1) is 15.6. The molecule has 166 valence electrons. The van der Waals surface area contributed by atoms with Crippen LogP contribution in [-0.2, 0) is 4.74 Å². The fraction of sp³-hybridized carbons (Fsp3) is 0.348. The first kappa shape index (κ1) is 20.5. The quantitative estimate of drug-likeness (QED) is 0.539. The zero-order chi connectivity index (χ0) is 22.1. The molecule has 3 aliphatic rings. The molecule has 2 aromatic rings. The number of nitrogens with zero attached hydrogens (tertiary/aromatic N) is 5. The average Bonchev–Trinajstić information content (AvgIpc) is 3.31. The Morgan fingerprint density at radius 2 is 1.78 bits per heavy atom. The highest BCUT2D eigenvalue weighted by Crippen LogP contribution is 2.32. The lowest BCUT2D eigenvalue weighted by Gasteiger charge is -2.34. The van der Waals surface area contributed by atoms with Crippen molar-refractivity contribution in [2.45, 2.75) is 0 Å². The van der Waals surface area contributed by atoms with Crippen LogP contribution in [0, 0.1) is 10.1 Å². The Hall–Kier alpha value is -3.43. The van der Waals surface area contributed by atoms with Gasteiger partial charge in [-0.2, -0.15) is 0 Å². The number of ether oxygens (including phenoxy) is 2. The van der Waals surface area contributed by atoms with Gasteiger partial charge < -0.3 is 24.2 Å². The number of likely N-dealkylation sites (N-methyl/N-ethyl adjacent to an activating group) is 1. The summed E-state index contributed by atoms with van der Waals surface area (Å²) in [7, 11) is 2.16. The van der Waals surface area contributed by atoms with Crippen LogP contribution in [0.1, 0.15) is 0 Å². The van der Waals surface area contributed by atoms with Crippen LogP contribution < -0.4 is 14.5 Å². The van der Waals surface area contributed by atoms with Crippen molar-refractivity contribution >= 4 is 23.0 Å². The van der Waals surface area contributed by atoms with Crippen molar-refractivity contribution < 1.29 is 14.4 Å². The van der Waals surface area contributed by atoms with Gasteiger partial charge in [0.1, 0.15) is 12.4 Å². The minimum atomic E-state index is -0.438. The maximum Gasteiger partial charge on any atom is 0.273 e. The predicted octanol–water partition coefficient (Wildman–Crippen LogP) is 2.89. The molecule has 2 aromatic carbocycles. The van der Waals surface area contributed by atoms with Gasteiger partial charge in [0.25, 0.3) is 5.69 Å². The molecule has 0 atom stereocenters. The van der Waals surface area contributed by atoms with Gasteiger partial charge in [-0.05, 0) is 37.4 Å². The Balaban J connectivity index is 1.33. The van der Waals surface area contributed by atoms with Gasteiger partial charge in [-0.25, -0.2) is 4.99 Å². The molecule has 32 heavy (non-hydrogen) atoms. The Morgan fingerprint density at radius 3 is 2.53 bits per heavy atom. The number of piperazine rings is 1. The maximum atomic E-state index is 11.0. The second-order valence-electron chi connectivity index (χ2n) is 8.11. The fourth-order valence-electron chi connectivity index (χ4n) is 4.17. The van der Waals surface area contributed by atoms with Crippen LogP contribution >= 0.6 is 0 Å². The second-order valence-corrected chi connectivity index (χ2v) is 8.11. The van der Waals surface area contributed by atoms with Crippen molar-refractivity contribution in [3.63, 3.8) is 0 Å². The number of non-ortho nitro benzene ring substituents is 1. The summed E-state index contributed by atoms with van der Waals surface area (Å²) in [6, 6.07) is 14.7. The van der Waals surface area contributed by atoms with Crippen LogP contribution in [0.4, 0.5) is 17.1 Å². The summed E-state index contributed by atoms with van der Waals surface area (Å²) in [6.45, 7) is 5.50. The topological polar surface area (TPSA) is 83.7 Å². The third-order valence-electron chi connectivity index (χ3n) is 6.05. The Morgan fingerprint density at radius 1 is 1.03 bits per heavy atom. The Labute approximate surface area is 186 Å². The van der Waals surface area contributed by atoms with Crippen LogP contribution in [0.3, 0.4) is 0 Å². The zero-order valence-corrected chi connectivity index (χ0v) is 17.9. The van der Waals surface area contributed by atoms with Gasteiger partial charge in [-0.3, -0.25) is 10.1 Å². The molecule has 9 heteroatoms. The summed E-state index contributed by atoms with van der Waals surface area (Å²) in [6.07, 6.45) is 0. The van der Waals surface area contributed by atoms with Crippen molar-refractivity contribution in [2.75, 3.05) is 62.9 Å². The third-order valence-corrected chi connectivity index (χ3v) is 6.05. The number of hydrogen-bond acceptors (Lipinski definition) is 8. The molecule has 0 bridgehead atoms. The molecule has 1 fully saturated rings. The standard InChI is InChI=1S/C23H25N5O4/c1-25-9-11-26(12-10-25)17-5-7-18(8-6-17)27-16-24-23(21-14-31-15-22(21)27)32-20-4-2-3-19(13-20)28(29)30/h2-8,13H,9-12,14-16H2,1H3. The van der Waals surface area contributed by atoms with Crippen molar-refractivity contribution in [1.82, 2.24) is 4.90 Å². The SMILES string of the molecule is CN1CCN(c2ccc(N3CN=C(Oc4cccc([N+](=O)[O-])c4)C4=C3COC4)cc2)CC1. The van der Waals surface area contributed by atoms with Crippen LogP contribution in [0.2, 0.25) is 0 Å². The van der Waals surface area contributed by atoms with Crippen molar-refractivity contribution in [3.8, 4) is 5.75 Å². The van der Waals surface area contributed by atoms with E-state index >= 15 is 0 Å². The molecule has 5 rings (SSSR count). The number of nitro groups is 1. The van der Waals surface area contributed by atoms with Gasteiger partial charge in [0.15, 0.2) is 0 Å². The van der Waals surface area contributed by atoms with Crippen molar-refractivity contribution in [1.29, 1.82) is 0 Å². The first-order valence-corrected chi connectivity index (χ1v) is 10.7. The summed E-state index contributed by atoms with van der Waals surface area (Å²) in [5.41, 5.74) is 4.17. The molecule has 0 N–H and O–H groups in total. The highest BCUT2D eigenvalue weighted by atomic mass is 16.6. The Bertz CT molecular complexity index is 1070. The van der Waals surface area contributed by atoms with Crippen LogP contribution in [0.25, 0.3) is 0 Å². The molecule has 3 aliphatic heterocycles. The Kier molecular flexibility index (Phi) is 5.50. The summed E-state index contributed by atoms with van der Waals surface area (Å²) in [4.78, 5) is 22.1. The van der Waals surface area contributed by atoms with Gasteiger partial charge in [0, 0.05) is 43.6 Å². The van der Waals surface area contributed by atoms with Crippen molar-refractivity contribution in [3.05, 3.63) is 69.9 Å². The van der Waals surface area contributed by atoms with E-state index in [1.54, 1.807) is 12.1 Å². The number of rotatable bonds is 4. The molecule has 0 aliphatic carbocycles. The number of benzene rings is 2. The highest BCUT2D eigenvalue weighted by Gasteiger charge is 2.30. The van der Waals surface area contributed by atoms with E-state index in [0.717, 1.165) is 43.1 Å². The van der Waals surface area contributed by atoms with E-state index in [-0.39, 0.29) is 5.69 Å².